The number of nitro groups is 3. The van der Waals surface area contributed by atoms with E-state index in [1.165, 1.54) is 0 Å². The Hall–Kier alpha value is -7.42. The average Bonchev–Trinajstić information content (AvgIpc) is 3.09. The van der Waals surface area contributed by atoms with E-state index in [0.29, 0.717) is 18.2 Å². The van der Waals surface area contributed by atoms with Gasteiger partial charge in [0, 0.05) is 36.4 Å². The number of fused-ring (bicyclic) bond motifs is 1. The van der Waals surface area contributed by atoms with Crippen LogP contribution in [0.4, 0.5) is 51.2 Å². The van der Waals surface area contributed by atoms with Gasteiger partial charge in [0.15, 0.2) is 17.2 Å². The maximum absolute atomic E-state index is 12.0. The van der Waals surface area contributed by atoms with Gasteiger partial charge in [0.1, 0.15) is 17.1 Å². The van der Waals surface area contributed by atoms with E-state index in [2.05, 4.69) is 30.7 Å². The molecule has 0 aromatic heterocycles. The van der Waals surface area contributed by atoms with Crippen LogP contribution in [0.3, 0.4) is 0 Å². The first kappa shape index (κ1) is 37.8. The quantitative estimate of drug-likeness (QED) is 0.0376. The summed E-state index contributed by atoms with van der Waals surface area (Å²) in [5.41, 5.74) is -4.96. The fraction of sp³-hybridized carbons (Fsp3) is 0. The molecule has 24 nitrogen and oxygen atoms in total. The number of non-ortho nitro benzene ring substituents is 3. The lowest BCUT2D eigenvalue weighted by atomic mass is 10.1. The van der Waals surface area contributed by atoms with Crippen molar-refractivity contribution < 1.29 is 56.0 Å². The minimum atomic E-state index is -5.03. The first-order valence-corrected chi connectivity index (χ1v) is 16.9. The predicted molar refractivity (Wildman–Crippen MR) is 180 cm³/mol. The van der Waals surface area contributed by atoms with Gasteiger partial charge >= 0.3 is 0 Å². The molecule has 0 unspecified atom stereocenters. The molecule has 0 bridgehead atoms. The molecule has 0 aliphatic rings. The molecule has 0 saturated carbocycles. The van der Waals surface area contributed by atoms with Crippen molar-refractivity contribution in [2.45, 2.75) is 9.79 Å². The van der Waals surface area contributed by atoms with E-state index < -0.39 is 102 Å². The van der Waals surface area contributed by atoms with Crippen molar-refractivity contribution >= 4 is 82.2 Å². The Labute approximate surface area is 298 Å². The molecular formula is C28H17N9O15S2. The number of phenolic OH excluding ortho intramolecular Hbond substituents is 3. The predicted octanol–water partition coefficient (Wildman–Crippen LogP) is 7.42. The molecule has 26 heteroatoms. The third-order valence-corrected chi connectivity index (χ3v) is 8.59. The van der Waals surface area contributed by atoms with Crippen LogP contribution in [-0.4, -0.2) is 56.0 Å². The molecule has 276 valence electrons. The van der Waals surface area contributed by atoms with E-state index in [1.807, 2.05) is 0 Å². The van der Waals surface area contributed by atoms with Gasteiger partial charge in [-0.15, -0.1) is 25.6 Å². The van der Waals surface area contributed by atoms with Gasteiger partial charge in [0.2, 0.25) is 0 Å². The van der Waals surface area contributed by atoms with Gasteiger partial charge in [-0.25, -0.2) is 0 Å². The van der Waals surface area contributed by atoms with Crippen molar-refractivity contribution in [3.05, 3.63) is 103 Å². The van der Waals surface area contributed by atoms with E-state index in [4.69, 9.17) is 0 Å². The molecule has 0 fully saturated rings. The van der Waals surface area contributed by atoms with Crippen LogP contribution in [0, 0.1) is 30.3 Å². The van der Waals surface area contributed by atoms with Gasteiger partial charge in [-0.1, -0.05) is 0 Å². The van der Waals surface area contributed by atoms with Crippen molar-refractivity contribution in [2.24, 2.45) is 30.7 Å². The lowest BCUT2D eigenvalue weighted by Gasteiger charge is -2.10. The summed E-state index contributed by atoms with van der Waals surface area (Å²) < 4.78 is 66.7. The molecule has 5 N–H and O–H groups in total. The van der Waals surface area contributed by atoms with Crippen LogP contribution in [0.5, 0.6) is 17.2 Å². The van der Waals surface area contributed by atoms with Crippen molar-refractivity contribution in [1.82, 2.24) is 0 Å². The van der Waals surface area contributed by atoms with E-state index in [1.54, 1.807) is 0 Å². The molecular weight excluding hydrogens is 766 g/mol. The molecule has 5 aromatic rings. The Balaban J connectivity index is 1.71. The summed E-state index contributed by atoms with van der Waals surface area (Å²) in [4.78, 5) is 29.3. The standard InChI is InChI=1S/C28H17N9O15S2/c38-24-11-20(54(50,51)52)6-13-5-19(53(47,48)49)10-21(25(13)24)31-33-23-12-22(32-30-15-7-17(36(43)44)9-18(8-15)37(45)46)27(39)26(28(23)40)34-29-14-1-3-16(4-2-14)35(41)42/h1-12,38-40H,(H,47,48,49)(H,50,51,52). The molecule has 0 atom stereocenters. The Morgan fingerprint density at radius 1 is 0.500 bits per heavy atom. The minimum Gasteiger partial charge on any atom is -0.507 e. The largest absolute Gasteiger partial charge is 0.507 e. The second-order valence-corrected chi connectivity index (χ2v) is 13.3. The molecule has 54 heavy (non-hydrogen) atoms. The summed E-state index contributed by atoms with van der Waals surface area (Å²) in [5, 5.41) is 88.1. The van der Waals surface area contributed by atoms with Crippen LogP contribution in [0.25, 0.3) is 10.8 Å². The second kappa shape index (κ2) is 14.3. The fourth-order valence-corrected chi connectivity index (χ4v) is 5.55. The maximum Gasteiger partial charge on any atom is 0.294 e. The smallest absolute Gasteiger partial charge is 0.294 e. The van der Waals surface area contributed by atoms with Crippen LogP contribution in [0.2, 0.25) is 0 Å². The van der Waals surface area contributed by atoms with Crippen LogP contribution in [-0.2, 0) is 20.2 Å². The molecule has 0 radical (unpaired) electrons. The van der Waals surface area contributed by atoms with E-state index in [0.717, 1.165) is 54.6 Å². The molecule has 0 aliphatic carbocycles. The molecule has 0 saturated heterocycles. The van der Waals surface area contributed by atoms with E-state index >= 15 is 0 Å². The topological polar surface area (TPSA) is 373 Å². The molecule has 0 aliphatic heterocycles. The summed E-state index contributed by atoms with van der Waals surface area (Å²) in [7, 11) is -9.98. The van der Waals surface area contributed by atoms with Crippen LogP contribution < -0.4 is 0 Å². The summed E-state index contributed by atoms with van der Waals surface area (Å²) >= 11 is 0. The van der Waals surface area contributed by atoms with Crippen molar-refractivity contribution in [2.75, 3.05) is 0 Å². The highest BCUT2D eigenvalue weighted by Crippen LogP contribution is 2.51. The monoisotopic (exact) mass is 783 g/mol. The second-order valence-electron chi connectivity index (χ2n) is 10.5. The van der Waals surface area contributed by atoms with Gasteiger partial charge < -0.3 is 15.3 Å². The number of rotatable bonds is 11. The zero-order chi connectivity index (χ0) is 39.7. The summed E-state index contributed by atoms with van der Waals surface area (Å²) in [5.74, 6) is -2.85. The number of benzene rings is 5. The first-order chi connectivity index (χ1) is 25.2. The molecule has 5 aromatic carbocycles. The van der Waals surface area contributed by atoms with Gasteiger partial charge in [0.05, 0.1) is 53.1 Å². The van der Waals surface area contributed by atoms with Gasteiger partial charge in [-0.3, -0.25) is 39.4 Å². The van der Waals surface area contributed by atoms with E-state index in [-0.39, 0.29) is 22.1 Å². The molecule has 0 spiro atoms. The van der Waals surface area contributed by atoms with Crippen molar-refractivity contribution in [1.29, 1.82) is 0 Å². The lowest BCUT2D eigenvalue weighted by molar-refractivity contribution is -0.394. The maximum atomic E-state index is 12.0. The summed E-state index contributed by atoms with van der Waals surface area (Å²) in [6.45, 7) is 0. The number of aromatic hydroxyl groups is 3. The highest BCUT2D eigenvalue weighted by molar-refractivity contribution is 7.86. The van der Waals surface area contributed by atoms with Crippen molar-refractivity contribution in [3.8, 4) is 17.2 Å². The number of azo groups is 3. The minimum absolute atomic E-state index is 0.0354. The van der Waals surface area contributed by atoms with Gasteiger partial charge in [-0.05, 0) is 35.7 Å². The highest BCUT2D eigenvalue weighted by atomic mass is 32.2. The number of hydrogen-bond donors (Lipinski definition) is 5. The van der Waals surface area contributed by atoms with Crippen LogP contribution in [0.1, 0.15) is 0 Å². The number of nitrogens with zero attached hydrogens (tertiary/aromatic N) is 9. The van der Waals surface area contributed by atoms with Gasteiger partial charge in [0.25, 0.3) is 37.3 Å². The Morgan fingerprint density at radius 3 is 1.46 bits per heavy atom. The number of phenols is 3. The summed E-state index contributed by atoms with van der Waals surface area (Å²) in [6, 6.07) is 10.2. The normalized spacial score (nSPS) is 12.3. The Morgan fingerprint density at radius 2 is 0.963 bits per heavy atom. The average molecular weight is 784 g/mol. The zero-order valence-corrected chi connectivity index (χ0v) is 27.7. The number of hydrogen-bond acceptors (Lipinski definition) is 19. The first-order valence-electron chi connectivity index (χ1n) is 14.0. The third-order valence-electron chi connectivity index (χ3n) is 6.93. The molecule has 5 rings (SSSR count). The van der Waals surface area contributed by atoms with E-state index in [9.17, 15) is 71.6 Å². The van der Waals surface area contributed by atoms with Crippen LogP contribution >= 0.6 is 0 Å². The number of nitro benzene ring substituents is 3. The Bertz CT molecular complexity index is 2700. The molecule has 0 heterocycles. The highest BCUT2D eigenvalue weighted by Gasteiger charge is 2.22. The van der Waals surface area contributed by atoms with Crippen molar-refractivity contribution in [3.63, 3.8) is 0 Å². The fourth-order valence-electron chi connectivity index (χ4n) is 4.48. The van der Waals surface area contributed by atoms with Gasteiger partial charge in [-0.2, -0.15) is 21.9 Å². The molecule has 0 amide bonds. The van der Waals surface area contributed by atoms with Crippen LogP contribution in [0.15, 0.2) is 113 Å². The third kappa shape index (κ3) is 8.21. The SMILES string of the molecule is O=[N+]([O-])c1ccc(N=Nc2c(O)c(N=Nc3cc([N+](=O)[O-])cc([N+](=O)[O-])c3)cc(N=Nc3cc(S(=O)(=O)O)cc4cc(S(=O)(=O)O)cc(O)c34)c2O)cc1. The lowest BCUT2D eigenvalue weighted by Crippen LogP contribution is -2.00. The zero-order valence-electron chi connectivity index (χ0n) is 26.1. The Kier molecular flexibility index (Phi) is 10.0. The summed E-state index contributed by atoms with van der Waals surface area (Å²) in [6.07, 6.45) is 0.